The van der Waals surface area contributed by atoms with Crippen LogP contribution in [0.3, 0.4) is 0 Å². The molecule has 0 bridgehead atoms. The lowest BCUT2D eigenvalue weighted by molar-refractivity contribution is 0.105. The van der Waals surface area contributed by atoms with Crippen molar-refractivity contribution < 1.29 is 32.2 Å². The van der Waals surface area contributed by atoms with Crippen molar-refractivity contribution in [2.45, 2.75) is 18.7 Å². The highest BCUT2D eigenvalue weighted by atomic mass is 31.2. The van der Waals surface area contributed by atoms with E-state index in [9.17, 15) is 4.57 Å². The van der Waals surface area contributed by atoms with Gasteiger partial charge in [0.2, 0.25) is 0 Å². The van der Waals surface area contributed by atoms with Crippen LogP contribution in [-0.2, 0) is 22.4 Å². The van der Waals surface area contributed by atoms with Crippen LogP contribution >= 0.6 is 7.82 Å². The highest BCUT2D eigenvalue weighted by molar-refractivity contribution is 7.46. The van der Waals surface area contributed by atoms with Crippen LogP contribution in [0.25, 0.3) is 0 Å². The standard InChI is InChI=1S/C6H18NO7PSi/c1-11-16(12-2,13-3)5-4-6(7)14-15(8,9)10/h6H,4-5,7H2,1-3H3,(H2,8,9,10). The molecule has 1 unspecified atom stereocenters. The summed E-state index contributed by atoms with van der Waals surface area (Å²) < 4.78 is 30.1. The SMILES string of the molecule is CO[Si](CCC(N)OP(=O)(O)O)(OC)OC. The lowest BCUT2D eigenvalue weighted by atomic mass is 10.4. The van der Waals surface area contributed by atoms with Gasteiger partial charge in [-0.15, -0.1) is 0 Å². The number of phosphoric acid groups is 1. The van der Waals surface area contributed by atoms with Gasteiger partial charge in [-0.2, -0.15) is 0 Å². The van der Waals surface area contributed by atoms with Gasteiger partial charge in [-0.05, 0) is 6.42 Å². The summed E-state index contributed by atoms with van der Waals surface area (Å²) in [6.45, 7) is 0. The van der Waals surface area contributed by atoms with Gasteiger partial charge in [0.15, 0.2) is 0 Å². The Labute approximate surface area is 95.2 Å². The van der Waals surface area contributed by atoms with Crippen LogP contribution in [0, 0.1) is 0 Å². The molecule has 8 nitrogen and oxygen atoms in total. The largest absolute Gasteiger partial charge is 0.500 e. The zero-order valence-electron chi connectivity index (χ0n) is 9.45. The highest BCUT2D eigenvalue weighted by Gasteiger charge is 2.38. The summed E-state index contributed by atoms with van der Waals surface area (Å²) in [4.78, 5) is 17.0. The Bertz CT molecular complexity index is 235. The summed E-state index contributed by atoms with van der Waals surface area (Å²) in [6.07, 6.45) is -0.930. The minimum atomic E-state index is -4.56. The van der Waals surface area contributed by atoms with Gasteiger partial charge < -0.3 is 28.8 Å². The van der Waals surface area contributed by atoms with E-state index in [1.165, 1.54) is 21.3 Å². The number of phosphoric ester groups is 1. The Morgan fingerprint density at radius 2 is 1.69 bits per heavy atom. The summed E-state index contributed by atoms with van der Waals surface area (Å²) in [5.41, 5.74) is 5.37. The van der Waals surface area contributed by atoms with Crippen LogP contribution in [0.2, 0.25) is 6.04 Å². The molecule has 4 N–H and O–H groups in total. The second-order valence-electron chi connectivity index (χ2n) is 2.97. The molecule has 1 atom stereocenters. The average Bonchev–Trinajstić information content (AvgIpc) is 2.18. The van der Waals surface area contributed by atoms with Crippen LogP contribution in [0.5, 0.6) is 0 Å². The third-order valence-corrected chi connectivity index (χ3v) is 5.25. The summed E-state index contributed by atoms with van der Waals surface area (Å²) in [5.74, 6) is 0. The molecule has 0 aromatic heterocycles. The number of hydrogen-bond acceptors (Lipinski definition) is 6. The lowest BCUT2D eigenvalue weighted by Crippen LogP contribution is -2.44. The molecule has 0 saturated heterocycles. The maximum Gasteiger partial charge on any atom is 0.500 e. The maximum atomic E-state index is 10.5. The minimum absolute atomic E-state index is 0.160. The predicted molar refractivity (Wildman–Crippen MR) is 57.3 cm³/mol. The van der Waals surface area contributed by atoms with E-state index in [0.717, 1.165) is 0 Å². The zero-order chi connectivity index (χ0) is 12.8. The van der Waals surface area contributed by atoms with Gasteiger partial charge in [0, 0.05) is 27.4 Å². The van der Waals surface area contributed by atoms with Crippen molar-refractivity contribution in [3.63, 3.8) is 0 Å². The molecule has 98 valence electrons. The fourth-order valence-electron chi connectivity index (χ4n) is 1.10. The Morgan fingerprint density at radius 3 is 2.00 bits per heavy atom. The van der Waals surface area contributed by atoms with Gasteiger partial charge in [0.1, 0.15) is 6.23 Å². The van der Waals surface area contributed by atoms with Gasteiger partial charge in [0.05, 0.1) is 0 Å². The molecule has 0 heterocycles. The number of hydrogen-bond donors (Lipinski definition) is 3. The van der Waals surface area contributed by atoms with Crippen molar-refractivity contribution in [3.8, 4) is 0 Å². The molecule has 10 heteroatoms. The average molecular weight is 275 g/mol. The Hall–Kier alpha value is 0.167. The lowest BCUT2D eigenvalue weighted by Gasteiger charge is -2.25. The second kappa shape index (κ2) is 6.79. The van der Waals surface area contributed by atoms with Crippen molar-refractivity contribution in [2.75, 3.05) is 21.3 Å². The molecule has 0 aromatic carbocycles. The first-order valence-electron chi connectivity index (χ1n) is 4.43. The molecular weight excluding hydrogens is 257 g/mol. The quantitative estimate of drug-likeness (QED) is 0.312. The highest BCUT2D eigenvalue weighted by Crippen LogP contribution is 2.37. The monoisotopic (exact) mass is 275 g/mol. The first-order valence-corrected chi connectivity index (χ1v) is 7.90. The molecule has 0 radical (unpaired) electrons. The van der Waals surface area contributed by atoms with E-state index in [0.29, 0.717) is 6.04 Å². The second-order valence-corrected chi connectivity index (χ2v) is 7.25. The molecule has 16 heavy (non-hydrogen) atoms. The molecule has 0 aliphatic heterocycles. The first kappa shape index (κ1) is 16.2. The van der Waals surface area contributed by atoms with E-state index in [1.54, 1.807) is 0 Å². The fourth-order valence-corrected chi connectivity index (χ4v) is 3.31. The zero-order valence-corrected chi connectivity index (χ0v) is 11.3. The third-order valence-electron chi connectivity index (χ3n) is 1.94. The van der Waals surface area contributed by atoms with Crippen LogP contribution in [0.4, 0.5) is 0 Å². The Balaban J connectivity index is 4.16. The number of rotatable bonds is 8. The van der Waals surface area contributed by atoms with E-state index in [1.807, 2.05) is 0 Å². The maximum absolute atomic E-state index is 10.5. The summed E-state index contributed by atoms with van der Waals surface area (Å²) in [6, 6.07) is 0.303. The van der Waals surface area contributed by atoms with Crippen LogP contribution < -0.4 is 5.73 Å². The molecule has 0 spiro atoms. The molecule has 0 aromatic rings. The molecule has 0 aliphatic rings. The van der Waals surface area contributed by atoms with Gasteiger partial charge in [0.25, 0.3) is 0 Å². The van der Waals surface area contributed by atoms with Gasteiger partial charge in [-0.25, -0.2) is 4.57 Å². The first-order chi connectivity index (χ1) is 7.28. The van der Waals surface area contributed by atoms with E-state index in [4.69, 9.17) is 28.8 Å². The van der Waals surface area contributed by atoms with E-state index in [-0.39, 0.29) is 6.42 Å². The molecule has 0 rings (SSSR count). The topological polar surface area (TPSA) is 120 Å². The number of nitrogens with two attached hydrogens (primary N) is 1. The molecule has 0 saturated carbocycles. The van der Waals surface area contributed by atoms with Gasteiger partial charge in [-0.3, -0.25) is 4.52 Å². The van der Waals surface area contributed by atoms with Crippen LogP contribution in [-0.4, -0.2) is 46.1 Å². The van der Waals surface area contributed by atoms with E-state index < -0.39 is 22.9 Å². The van der Waals surface area contributed by atoms with Gasteiger partial charge >= 0.3 is 16.6 Å². The minimum Gasteiger partial charge on any atom is -0.377 e. The van der Waals surface area contributed by atoms with Crippen molar-refractivity contribution in [1.29, 1.82) is 0 Å². The van der Waals surface area contributed by atoms with Crippen molar-refractivity contribution in [1.82, 2.24) is 0 Å². The summed E-state index contributed by atoms with van der Waals surface area (Å²) in [5, 5.41) is 0. The summed E-state index contributed by atoms with van der Waals surface area (Å²) in [7, 11) is -3.01. The molecule has 0 fully saturated rings. The molecular formula is C6H18NO7PSi. The summed E-state index contributed by atoms with van der Waals surface area (Å²) >= 11 is 0. The van der Waals surface area contributed by atoms with E-state index in [2.05, 4.69) is 4.52 Å². The van der Waals surface area contributed by atoms with Crippen LogP contribution in [0.1, 0.15) is 6.42 Å². The van der Waals surface area contributed by atoms with Crippen molar-refractivity contribution >= 4 is 16.6 Å². The predicted octanol–water partition coefficient (Wildman–Crippen LogP) is -0.351. The third kappa shape index (κ3) is 6.04. The van der Waals surface area contributed by atoms with Gasteiger partial charge in [-0.1, -0.05) is 0 Å². The Kier molecular flexibility index (Phi) is 6.86. The van der Waals surface area contributed by atoms with Crippen molar-refractivity contribution in [3.05, 3.63) is 0 Å². The molecule has 0 amide bonds. The Morgan fingerprint density at radius 1 is 1.25 bits per heavy atom. The normalized spacial score (nSPS) is 15.1. The van der Waals surface area contributed by atoms with Crippen LogP contribution in [0.15, 0.2) is 0 Å². The van der Waals surface area contributed by atoms with E-state index >= 15 is 0 Å². The molecule has 0 aliphatic carbocycles. The smallest absolute Gasteiger partial charge is 0.377 e. The fraction of sp³-hybridized carbons (Fsp3) is 1.00. The van der Waals surface area contributed by atoms with Crippen molar-refractivity contribution in [2.24, 2.45) is 5.73 Å².